The van der Waals surface area contributed by atoms with E-state index in [0.29, 0.717) is 6.54 Å². The molecule has 0 radical (unpaired) electrons. The molecule has 0 amide bonds. The molecule has 3 rings (SSSR count). The third-order valence-electron chi connectivity index (χ3n) is 3.47. The molecule has 0 atom stereocenters. The zero-order valence-corrected chi connectivity index (χ0v) is 10.5. The molecule has 0 fully saturated rings. The van der Waals surface area contributed by atoms with Crippen molar-refractivity contribution in [2.75, 3.05) is 6.54 Å². The molecule has 0 aliphatic carbocycles. The number of aromatic nitrogens is 3. The van der Waals surface area contributed by atoms with Gasteiger partial charge in [0.1, 0.15) is 11.5 Å². The maximum atomic E-state index is 5.67. The average molecular weight is 242 g/mol. The van der Waals surface area contributed by atoms with Crippen LogP contribution in [0.1, 0.15) is 24.4 Å². The van der Waals surface area contributed by atoms with E-state index < -0.39 is 0 Å². The van der Waals surface area contributed by atoms with Gasteiger partial charge in [0.2, 0.25) is 0 Å². The standard InChI is InChI=1S/C14H18N4/c15-8-7-13-17-14(11-5-1-3-9-16-11)12-6-2-4-10-18(12)13/h1,3,5,9H,2,4,6-8,10,15H2. The molecule has 0 saturated heterocycles. The molecule has 2 N–H and O–H groups in total. The van der Waals surface area contributed by atoms with Gasteiger partial charge in [-0.1, -0.05) is 6.07 Å². The molecule has 0 spiro atoms. The van der Waals surface area contributed by atoms with Gasteiger partial charge in [-0.2, -0.15) is 0 Å². The van der Waals surface area contributed by atoms with Crippen LogP contribution in [0.5, 0.6) is 0 Å². The van der Waals surface area contributed by atoms with Crippen LogP contribution in [0, 0.1) is 0 Å². The first-order valence-corrected chi connectivity index (χ1v) is 6.60. The molecule has 2 aromatic rings. The van der Waals surface area contributed by atoms with Gasteiger partial charge < -0.3 is 10.3 Å². The number of imidazole rings is 1. The van der Waals surface area contributed by atoms with E-state index in [1.54, 1.807) is 0 Å². The minimum Gasteiger partial charge on any atom is -0.331 e. The summed E-state index contributed by atoms with van der Waals surface area (Å²) in [6.07, 6.45) is 6.26. The van der Waals surface area contributed by atoms with Crippen LogP contribution in [0.3, 0.4) is 0 Å². The highest BCUT2D eigenvalue weighted by molar-refractivity contribution is 5.58. The summed E-state index contributed by atoms with van der Waals surface area (Å²) in [6, 6.07) is 5.98. The Kier molecular flexibility index (Phi) is 3.11. The molecule has 4 heteroatoms. The Morgan fingerprint density at radius 2 is 2.22 bits per heavy atom. The van der Waals surface area contributed by atoms with Gasteiger partial charge in [0.05, 0.1) is 5.69 Å². The van der Waals surface area contributed by atoms with E-state index in [1.807, 2.05) is 24.4 Å². The summed E-state index contributed by atoms with van der Waals surface area (Å²) in [5.74, 6) is 1.12. The molecule has 4 nitrogen and oxygen atoms in total. The van der Waals surface area contributed by atoms with Gasteiger partial charge in [-0.15, -0.1) is 0 Å². The Bertz CT molecular complexity index is 530. The Labute approximate surface area is 107 Å². The van der Waals surface area contributed by atoms with E-state index in [0.717, 1.165) is 36.6 Å². The van der Waals surface area contributed by atoms with E-state index in [1.165, 1.54) is 18.5 Å². The molecule has 0 aromatic carbocycles. The van der Waals surface area contributed by atoms with Crippen LogP contribution in [0.25, 0.3) is 11.4 Å². The highest BCUT2D eigenvalue weighted by Gasteiger charge is 2.20. The van der Waals surface area contributed by atoms with Crippen molar-refractivity contribution in [2.24, 2.45) is 5.73 Å². The zero-order chi connectivity index (χ0) is 12.4. The number of pyridine rings is 1. The molecule has 18 heavy (non-hydrogen) atoms. The molecule has 3 heterocycles. The third kappa shape index (κ3) is 1.93. The van der Waals surface area contributed by atoms with Gasteiger partial charge in [0, 0.05) is 24.9 Å². The normalized spacial score (nSPS) is 14.5. The average Bonchev–Trinajstić information content (AvgIpc) is 2.80. The summed E-state index contributed by atoms with van der Waals surface area (Å²) >= 11 is 0. The molecule has 0 unspecified atom stereocenters. The van der Waals surface area contributed by atoms with Crippen molar-refractivity contribution in [1.82, 2.24) is 14.5 Å². The summed E-state index contributed by atoms with van der Waals surface area (Å²) in [5.41, 5.74) is 9.04. The van der Waals surface area contributed by atoms with Gasteiger partial charge in [-0.05, 0) is 37.9 Å². The van der Waals surface area contributed by atoms with Crippen molar-refractivity contribution in [1.29, 1.82) is 0 Å². The lowest BCUT2D eigenvalue weighted by Gasteiger charge is -2.17. The van der Waals surface area contributed by atoms with Crippen molar-refractivity contribution in [3.8, 4) is 11.4 Å². The molecule has 94 valence electrons. The number of nitrogens with two attached hydrogens (primary N) is 1. The smallest absolute Gasteiger partial charge is 0.110 e. The van der Waals surface area contributed by atoms with Gasteiger partial charge in [0.25, 0.3) is 0 Å². The molecule has 0 bridgehead atoms. The van der Waals surface area contributed by atoms with Crippen LogP contribution < -0.4 is 5.73 Å². The Morgan fingerprint density at radius 1 is 1.28 bits per heavy atom. The van der Waals surface area contributed by atoms with Crippen LogP contribution in [0.2, 0.25) is 0 Å². The number of nitrogens with zero attached hydrogens (tertiary/aromatic N) is 3. The van der Waals surface area contributed by atoms with Crippen LogP contribution in [-0.2, 0) is 19.4 Å². The fraction of sp³-hybridized carbons (Fsp3) is 0.429. The maximum Gasteiger partial charge on any atom is 0.110 e. The lowest BCUT2D eigenvalue weighted by Crippen LogP contribution is -2.15. The van der Waals surface area contributed by atoms with Crippen LogP contribution >= 0.6 is 0 Å². The minimum absolute atomic E-state index is 0.651. The Balaban J connectivity index is 2.09. The van der Waals surface area contributed by atoms with E-state index >= 15 is 0 Å². The summed E-state index contributed by atoms with van der Waals surface area (Å²) in [4.78, 5) is 9.20. The monoisotopic (exact) mass is 242 g/mol. The molecule has 0 saturated carbocycles. The highest BCUT2D eigenvalue weighted by Crippen LogP contribution is 2.27. The molecule has 1 aliphatic heterocycles. The summed E-state index contributed by atoms with van der Waals surface area (Å²) in [5, 5.41) is 0. The first-order valence-electron chi connectivity index (χ1n) is 6.60. The summed E-state index contributed by atoms with van der Waals surface area (Å²) in [6.45, 7) is 1.72. The molecule has 1 aliphatic rings. The zero-order valence-electron chi connectivity index (χ0n) is 10.5. The topological polar surface area (TPSA) is 56.7 Å². The van der Waals surface area contributed by atoms with Gasteiger partial charge in [-0.3, -0.25) is 4.98 Å². The number of rotatable bonds is 3. The Hall–Kier alpha value is -1.68. The number of hydrogen-bond donors (Lipinski definition) is 1. The lowest BCUT2D eigenvalue weighted by molar-refractivity contribution is 0.515. The predicted molar refractivity (Wildman–Crippen MR) is 71.2 cm³/mol. The molecule has 2 aromatic heterocycles. The van der Waals surface area contributed by atoms with Crippen molar-refractivity contribution in [2.45, 2.75) is 32.2 Å². The lowest BCUT2D eigenvalue weighted by atomic mass is 10.1. The van der Waals surface area contributed by atoms with Crippen molar-refractivity contribution in [3.63, 3.8) is 0 Å². The maximum absolute atomic E-state index is 5.67. The van der Waals surface area contributed by atoms with Crippen molar-refractivity contribution >= 4 is 0 Å². The van der Waals surface area contributed by atoms with Crippen LogP contribution in [0.4, 0.5) is 0 Å². The SMILES string of the molecule is NCCc1nc(-c2ccccn2)c2n1CCCC2. The van der Waals surface area contributed by atoms with Gasteiger partial charge in [0.15, 0.2) is 0 Å². The molecular formula is C14H18N4. The number of fused-ring (bicyclic) bond motifs is 1. The Morgan fingerprint density at radius 3 is 3.00 bits per heavy atom. The first kappa shape index (κ1) is 11.4. The fourth-order valence-electron chi connectivity index (χ4n) is 2.65. The second-order valence-electron chi connectivity index (χ2n) is 4.69. The highest BCUT2D eigenvalue weighted by atomic mass is 15.1. The summed E-state index contributed by atoms with van der Waals surface area (Å²) < 4.78 is 2.35. The van der Waals surface area contributed by atoms with Crippen LogP contribution in [0.15, 0.2) is 24.4 Å². The number of hydrogen-bond acceptors (Lipinski definition) is 3. The largest absolute Gasteiger partial charge is 0.331 e. The second kappa shape index (κ2) is 4.90. The van der Waals surface area contributed by atoms with Crippen molar-refractivity contribution < 1.29 is 0 Å². The predicted octanol–water partition coefficient (Wildman–Crippen LogP) is 1.78. The first-order chi connectivity index (χ1) is 8.90. The fourth-order valence-corrected chi connectivity index (χ4v) is 2.65. The molecular weight excluding hydrogens is 224 g/mol. The third-order valence-corrected chi connectivity index (χ3v) is 3.47. The van der Waals surface area contributed by atoms with Crippen molar-refractivity contribution in [3.05, 3.63) is 35.9 Å². The second-order valence-corrected chi connectivity index (χ2v) is 4.69. The van der Waals surface area contributed by atoms with Crippen LogP contribution in [-0.4, -0.2) is 21.1 Å². The van der Waals surface area contributed by atoms with Gasteiger partial charge in [-0.25, -0.2) is 4.98 Å². The van der Waals surface area contributed by atoms with E-state index in [9.17, 15) is 0 Å². The minimum atomic E-state index is 0.651. The van der Waals surface area contributed by atoms with E-state index in [-0.39, 0.29) is 0 Å². The summed E-state index contributed by atoms with van der Waals surface area (Å²) in [7, 11) is 0. The quantitative estimate of drug-likeness (QED) is 0.892. The van der Waals surface area contributed by atoms with E-state index in [4.69, 9.17) is 10.7 Å². The van der Waals surface area contributed by atoms with E-state index in [2.05, 4.69) is 9.55 Å². The van der Waals surface area contributed by atoms with Gasteiger partial charge >= 0.3 is 0 Å².